The van der Waals surface area contributed by atoms with E-state index in [2.05, 4.69) is 6.92 Å². The van der Waals surface area contributed by atoms with Crippen molar-refractivity contribution < 1.29 is 19.4 Å². The summed E-state index contributed by atoms with van der Waals surface area (Å²) in [4.78, 5) is 22.6. The van der Waals surface area contributed by atoms with Crippen molar-refractivity contribution in [3.63, 3.8) is 0 Å². The van der Waals surface area contributed by atoms with Crippen LogP contribution < -0.4 is 0 Å². The molecule has 0 saturated heterocycles. The van der Waals surface area contributed by atoms with Crippen LogP contribution in [-0.2, 0) is 14.3 Å². The van der Waals surface area contributed by atoms with E-state index in [4.69, 9.17) is 4.74 Å². The molecule has 1 atom stereocenters. The summed E-state index contributed by atoms with van der Waals surface area (Å²) in [6, 6.07) is 0. The predicted octanol–water partition coefficient (Wildman–Crippen LogP) is 5.35. The molecule has 4 nitrogen and oxygen atoms in total. The molecule has 25 heavy (non-hydrogen) atoms. The summed E-state index contributed by atoms with van der Waals surface area (Å²) in [7, 11) is 0. The van der Waals surface area contributed by atoms with E-state index in [0.717, 1.165) is 12.8 Å². The number of hydrogen-bond donors (Lipinski definition) is 1. The standard InChI is InChI=1S/C21H40O4/c1-3-4-5-6-7-8-9-10-11-12-13-14-15-21(24)25-20(18-22)17-16-19(2)23/h20,22H,3-18H2,1-2H3/t20-/m1/s1. The molecule has 0 aromatic heterocycles. The topological polar surface area (TPSA) is 63.6 Å². The number of rotatable bonds is 18. The Labute approximate surface area is 154 Å². The van der Waals surface area contributed by atoms with Crippen LogP contribution in [0.15, 0.2) is 0 Å². The fourth-order valence-electron chi connectivity index (χ4n) is 2.91. The third-order valence-electron chi connectivity index (χ3n) is 4.55. The molecule has 0 unspecified atom stereocenters. The number of carbonyl (C=O) groups is 2. The van der Waals surface area contributed by atoms with Gasteiger partial charge in [-0.15, -0.1) is 0 Å². The van der Waals surface area contributed by atoms with Crippen molar-refractivity contribution in [2.24, 2.45) is 0 Å². The first-order valence-electron chi connectivity index (χ1n) is 10.4. The average molecular weight is 357 g/mol. The highest BCUT2D eigenvalue weighted by Crippen LogP contribution is 2.13. The molecule has 0 aromatic carbocycles. The lowest BCUT2D eigenvalue weighted by atomic mass is 10.0. The Morgan fingerprint density at radius 3 is 1.72 bits per heavy atom. The lowest BCUT2D eigenvalue weighted by molar-refractivity contribution is -0.152. The maximum atomic E-state index is 11.7. The van der Waals surface area contributed by atoms with Crippen LogP contribution in [0.1, 0.15) is 110 Å². The number of carbonyl (C=O) groups excluding carboxylic acids is 2. The van der Waals surface area contributed by atoms with Gasteiger partial charge in [0, 0.05) is 12.8 Å². The SMILES string of the molecule is CCCCCCCCCCCCCCC(=O)O[C@@H](CO)CCC(C)=O. The second kappa shape index (κ2) is 17.9. The molecule has 1 N–H and O–H groups in total. The Kier molecular flexibility index (Phi) is 17.3. The Balaban J connectivity index is 3.40. The number of ether oxygens (including phenoxy) is 1. The monoisotopic (exact) mass is 356 g/mol. The van der Waals surface area contributed by atoms with Crippen molar-refractivity contribution in [3.8, 4) is 0 Å². The number of Topliss-reactive ketones (excluding diaryl/α,β-unsaturated/α-hetero) is 1. The zero-order chi connectivity index (χ0) is 18.8. The van der Waals surface area contributed by atoms with Gasteiger partial charge in [0.15, 0.2) is 0 Å². The van der Waals surface area contributed by atoms with Gasteiger partial charge in [0.25, 0.3) is 0 Å². The molecule has 0 saturated carbocycles. The largest absolute Gasteiger partial charge is 0.460 e. The summed E-state index contributed by atoms with van der Waals surface area (Å²) in [5.41, 5.74) is 0. The van der Waals surface area contributed by atoms with Crippen LogP contribution >= 0.6 is 0 Å². The van der Waals surface area contributed by atoms with E-state index in [-0.39, 0.29) is 18.4 Å². The number of hydrogen-bond acceptors (Lipinski definition) is 4. The highest BCUT2D eigenvalue weighted by atomic mass is 16.5. The molecule has 0 aromatic rings. The van der Waals surface area contributed by atoms with Crippen molar-refractivity contribution in [1.29, 1.82) is 0 Å². The summed E-state index contributed by atoms with van der Waals surface area (Å²) < 4.78 is 5.21. The van der Waals surface area contributed by atoms with Crippen molar-refractivity contribution in [1.82, 2.24) is 0 Å². The Hall–Kier alpha value is -0.900. The van der Waals surface area contributed by atoms with Gasteiger partial charge < -0.3 is 14.6 Å². The van der Waals surface area contributed by atoms with E-state index in [9.17, 15) is 14.7 Å². The van der Waals surface area contributed by atoms with E-state index in [0.29, 0.717) is 19.3 Å². The first kappa shape index (κ1) is 24.1. The quantitative estimate of drug-likeness (QED) is 0.265. The molecule has 0 rings (SSSR count). The molecular weight excluding hydrogens is 316 g/mol. The zero-order valence-electron chi connectivity index (χ0n) is 16.6. The van der Waals surface area contributed by atoms with E-state index in [1.54, 1.807) is 0 Å². The maximum Gasteiger partial charge on any atom is 0.306 e. The van der Waals surface area contributed by atoms with E-state index >= 15 is 0 Å². The van der Waals surface area contributed by atoms with Gasteiger partial charge in [-0.2, -0.15) is 0 Å². The second-order valence-corrected chi connectivity index (χ2v) is 7.17. The van der Waals surface area contributed by atoms with Crippen molar-refractivity contribution in [2.45, 2.75) is 116 Å². The number of aliphatic hydroxyl groups excluding tert-OH is 1. The third kappa shape index (κ3) is 17.7. The normalized spacial score (nSPS) is 12.1. The van der Waals surface area contributed by atoms with Gasteiger partial charge >= 0.3 is 5.97 Å². The van der Waals surface area contributed by atoms with Crippen molar-refractivity contribution in [3.05, 3.63) is 0 Å². The molecule has 4 heteroatoms. The minimum Gasteiger partial charge on any atom is -0.460 e. The van der Waals surface area contributed by atoms with Crippen molar-refractivity contribution in [2.75, 3.05) is 6.61 Å². The minimum atomic E-state index is -0.534. The molecule has 0 bridgehead atoms. The third-order valence-corrected chi connectivity index (χ3v) is 4.55. The molecule has 148 valence electrons. The molecule has 0 aliphatic carbocycles. The summed E-state index contributed by atoms with van der Waals surface area (Å²) in [6.07, 6.45) is 15.8. The lowest BCUT2D eigenvalue weighted by Gasteiger charge is -2.14. The first-order valence-corrected chi connectivity index (χ1v) is 10.4. The molecule has 0 heterocycles. The van der Waals surface area contributed by atoms with Crippen LogP contribution in [0.4, 0.5) is 0 Å². The Morgan fingerprint density at radius 2 is 1.28 bits per heavy atom. The number of aliphatic hydroxyl groups is 1. The van der Waals surface area contributed by atoms with Crippen molar-refractivity contribution >= 4 is 11.8 Å². The number of unbranched alkanes of at least 4 members (excludes halogenated alkanes) is 11. The van der Waals surface area contributed by atoms with E-state index in [1.807, 2.05) is 0 Å². The highest BCUT2D eigenvalue weighted by molar-refractivity contribution is 5.75. The average Bonchev–Trinajstić information content (AvgIpc) is 2.59. The van der Waals surface area contributed by atoms with Gasteiger partial charge in [-0.1, -0.05) is 77.6 Å². The summed E-state index contributed by atoms with van der Waals surface area (Å²) in [5.74, 6) is -0.204. The zero-order valence-corrected chi connectivity index (χ0v) is 16.6. The van der Waals surface area contributed by atoms with Crippen LogP contribution in [0.25, 0.3) is 0 Å². The van der Waals surface area contributed by atoms with Crippen LogP contribution in [0, 0.1) is 0 Å². The highest BCUT2D eigenvalue weighted by Gasteiger charge is 2.13. The molecular formula is C21H40O4. The summed E-state index contributed by atoms with van der Waals surface area (Å²) in [6.45, 7) is 3.54. The van der Waals surface area contributed by atoms with Gasteiger partial charge in [0.2, 0.25) is 0 Å². The van der Waals surface area contributed by atoms with Crippen LogP contribution in [-0.4, -0.2) is 29.6 Å². The van der Waals surface area contributed by atoms with Gasteiger partial charge in [0.05, 0.1) is 6.61 Å². The maximum absolute atomic E-state index is 11.7. The van der Waals surface area contributed by atoms with E-state index < -0.39 is 6.10 Å². The van der Waals surface area contributed by atoms with Gasteiger partial charge in [-0.3, -0.25) is 4.79 Å². The van der Waals surface area contributed by atoms with Crippen LogP contribution in [0.5, 0.6) is 0 Å². The Morgan fingerprint density at radius 1 is 0.800 bits per heavy atom. The first-order chi connectivity index (χ1) is 12.1. The van der Waals surface area contributed by atoms with Gasteiger partial charge in [-0.25, -0.2) is 0 Å². The molecule has 0 fully saturated rings. The molecule has 0 aliphatic heterocycles. The van der Waals surface area contributed by atoms with E-state index in [1.165, 1.54) is 71.1 Å². The Bertz CT molecular complexity index is 328. The minimum absolute atomic E-state index is 0.0514. The molecule has 0 aliphatic rings. The van der Waals surface area contributed by atoms with Crippen LogP contribution in [0.2, 0.25) is 0 Å². The lowest BCUT2D eigenvalue weighted by Crippen LogP contribution is -2.22. The second-order valence-electron chi connectivity index (χ2n) is 7.17. The smallest absolute Gasteiger partial charge is 0.306 e. The number of ketones is 1. The van der Waals surface area contributed by atoms with Gasteiger partial charge in [0.1, 0.15) is 11.9 Å². The predicted molar refractivity (Wildman–Crippen MR) is 103 cm³/mol. The van der Waals surface area contributed by atoms with Gasteiger partial charge in [-0.05, 0) is 19.8 Å². The molecule has 0 radical (unpaired) electrons. The number of esters is 1. The summed E-state index contributed by atoms with van der Waals surface area (Å²) >= 11 is 0. The molecule has 0 amide bonds. The fraction of sp³-hybridized carbons (Fsp3) is 0.905. The summed E-state index contributed by atoms with van der Waals surface area (Å²) in [5, 5.41) is 9.17. The fourth-order valence-corrected chi connectivity index (χ4v) is 2.91. The van der Waals surface area contributed by atoms with Crippen LogP contribution in [0.3, 0.4) is 0 Å². The molecule has 0 spiro atoms.